The van der Waals surface area contributed by atoms with Gasteiger partial charge < -0.3 is 5.73 Å². The van der Waals surface area contributed by atoms with Crippen LogP contribution in [0.1, 0.15) is 16.7 Å². The SMILES string of the molecule is NCc1ccccc1C(c1ccccc1)(C(F)(F)F)C(F)(F)F. The summed E-state index contributed by atoms with van der Waals surface area (Å²) in [6.07, 6.45) is -11.2. The fourth-order valence-electron chi connectivity index (χ4n) is 2.70. The lowest BCUT2D eigenvalue weighted by Crippen LogP contribution is -2.55. The Labute approximate surface area is 128 Å². The molecule has 124 valence electrons. The number of nitrogens with two attached hydrogens (primary N) is 1. The zero-order valence-electron chi connectivity index (χ0n) is 11.7. The lowest BCUT2D eigenvalue weighted by Gasteiger charge is -2.39. The minimum absolute atomic E-state index is 0.203. The number of benzene rings is 2. The Morgan fingerprint density at radius 3 is 1.65 bits per heavy atom. The normalized spacial score (nSPS) is 13.2. The van der Waals surface area contributed by atoms with Gasteiger partial charge in [0.1, 0.15) is 0 Å². The van der Waals surface area contributed by atoms with Crippen LogP contribution in [0.15, 0.2) is 54.6 Å². The highest BCUT2D eigenvalue weighted by molar-refractivity contribution is 5.47. The molecule has 7 heteroatoms. The van der Waals surface area contributed by atoms with Gasteiger partial charge in [0, 0.05) is 6.54 Å². The molecular weight excluding hydrogens is 320 g/mol. The molecule has 0 aromatic heterocycles. The van der Waals surface area contributed by atoms with E-state index in [4.69, 9.17) is 5.73 Å². The third-order valence-electron chi connectivity index (χ3n) is 3.70. The average molecular weight is 333 g/mol. The number of halogens is 6. The zero-order chi connectivity index (χ0) is 17.3. The van der Waals surface area contributed by atoms with Gasteiger partial charge in [-0.2, -0.15) is 26.3 Å². The van der Waals surface area contributed by atoms with Crippen molar-refractivity contribution >= 4 is 0 Å². The molecule has 0 unspecified atom stereocenters. The number of alkyl halides is 6. The lowest BCUT2D eigenvalue weighted by molar-refractivity contribution is -0.288. The van der Waals surface area contributed by atoms with Crippen LogP contribution in [0.25, 0.3) is 0 Å². The predicted octanol–water partition coefficient (Wildman–Crippen LogP) is 4.56. The second kappa shape index (κ2) is 5.88. The molecule has 2 aromatic carbocycles. The number of rotatable bonds is 3. The van der Waals surface area contributed by atoms with E-state index in [0.29, 0.717) is 0 Å². The fourth-order valence-corrected chi connectivity index (χ4v) is 2.70. The summed E-state index contributed by atoms with van der Waals surface area (Å²) in [7, 11) is 0. The number of hydrogen-bond donors (Lipinski definition) is 1. The van der Waals surface area contributed by atoms with Crippen molar-refractivity contribution in [3.63, 3.8) is 0 Å². The molecule has 0 aliphatic carbocycles. The molecule has 0 aliphatic heterocycles. The zero-order valence-corrected chi connectivity index (χ0v) is 11.7. The van der Waals surface area contributed by atoms with E-state index in [-0.39, 0.29) is 5.56 Å². The molecule has 0 radical (unpaired) electrons. The van der Waals surface area contributed by atoms with E-state index in [1.54, 1.807) is 0 Å². The Bertz CT molecular complexity index is 646. The Hall–Kier alpha value is -2.02. The van der Waals surface area contributed by atoms with E-state index in [1.165, 1.54) is 18.2 Å². The van der Waals surface area contributed by atoms with Crippen LogP contribution < -0.4 is 5.73 Å². The van der Waals surface area contributed by atoms with Gasteiger partial charge in [0.15, 0.2) is 0 Å². The molecule has 0 amide bonds. The number of hydrogen-bond acceptors (Lipinski definition) is 1. The van der Waals surface area contributed by atoms with Gasteiger partial charge in [0.2, 0.25) is 5.41 Å². The van der Waals surface area contributed by atoms with Crippen LogP contribution in [0.3, 0.4) is 0 Å². The Morgan fingerprint density at radius 1 is 0.696 bits per heavy atom. The molecule has 0 saturated heterocycles. The minimum Gasteiger partial charge on any atom is -0.326 e. The smallest absolute Gasteiger partial charge is 0.326 e. The highest BCUT2D eigenvalue weighted by atomic mass is 19.4. The van der Waals surface area contributed by atoms with Crippen LogP contribution in [-0.2, 0) is 12.0 Å². The summed E-state index contributed by atoms with van der Waals surface area (Å²) in [5.41, 5.74) is -0.736. The third kappa shape index (κ3) is 2.69. The fraction of sp³-hybridized carbons (Fsp3) is 0.250. The molecule has 0 heterocycles. The van der Waals surface area contributed by atoms with Crippen molar-refractivity contribution in [2.45, 2.75) is 24.3 Å². The summed E-state index contributed by atoms with van der Waals surface area (Å²) < 4.78 is 82.8. The van der Waals surface area contributed by atoms with Gasteiger partial charge in [-0.1, -0.05) is 54.6 Å². The van der Waals surface area contributed by atoms with Gasteiger partial charge in [0.25, 0.3) is 0 Å². The van der Waals surface area contributed by atoms with E-state index in [9.17, 15) is 26.3 Å². The van der Waals surface area contributed by atoms with Crippen molar-refractivity contribution in [1.29, 1.82) is 0 Å². The quantitative estimate of drug-likeness (QED) is 0.819. The maximum atomic E-state index is 13.8. The summed E-state index contributed by atoms with van der Waals surface area (Å²) in [6.45, 7) is -0.434. The topological polar surface area (TPSA) is 26.0 Å². The molecule has 0 atom stereocenters. The maximum absolute atomic E-state index is 13.8. The first kappa shape index (κ1) is 17.3. The van der Waals surface area contributed by atoms with Crippen molar-refractivity contribution in [3.05, 3.63) is 71.3 Å². The second-order valence-electron chi connectivity index (χ2n) is 4.97. The van der Waals surface area contributed by atoms with Crippen molar-refractivity contribution in [1.82, 2.24) is 0 Å². The minimum atomic E-state index is -5.59. The summed E-state index contributed by atoms with van der Waals surface area (Å²) in [6, 6.07) is 9.80. The van der Waals surface area contributed by atoms with Crippen molar-refractivity contribution in [3.8, 4) is 0 Å². The second-order valence-corrected chi connectivity index (χ2v) is 4.97. The van der Waals surface area contributed by atoms with Crippen molar-refractivity contribution in [2.24, 2.45) is 5.73 Å². The van der Waals surface area contributed by atoms with Crippen LogP contribution in [0.4, 0.5) is 26.3 Å². The molecule has 2 N–H and O–H groups in total. The molecule has 1 nitrogen and oxygen atoms in total. The first-order valence-corrected chi connectivity index (χ1v) is 6.63. The van der Waals surface area contributed by atoms with Crippen molar-refractivity contribution in [2.75, 3.05) is 0 Å². The molecule has 2 rings (SSSR count). The molecule has 0 fully saturated rings. The molecular formula is C16H13F6N. The average Bonchev–Trinajstić information content (AvgIpc) is 2.46. The first-order valence-electron chi connectivity index (χ1n) is 6.63. The highest BCUT2D eigenvalue weighted by Crippen LogP contribution is 2.56. The monoisotopic (exact) mass is 333 g/mol. The molecule has 0 saturated carbocycles. The van der Waals surface area contributed by atoms with E-state index >= 15 is 0 Å². The summed E-state index contributed by atoms with van der Waals surface area (Å²) in [4.78, 5) is 0. The standard InChI is InChI=1S/C16H13F6N/c17-15(18,19)14(16(20,21)22,12-7-2-1-3-8-12)13-9-5-4-6-11(13)10-23/h1-9H,10,23H2. The Morgan fingerprint density at radius 2 is 1.17 bits per heavy atom. The van der Waals surface area contributed by atoms with Crippen molar-refractivity contribution < 1.29 is 26.3 Å². The third-order valence-corrected chi connectivity index (χ3v) is 3.70. The van der Waals surface area contributed by atoms with E-state index in [1.807, 2.05) is 0 Å². The van der Waals surface area contributed by atoms with Crippen LogP contribution >= 0.6 is 0 Å². The van der Waals surface area contributed by atoms with Crippen LogP contribution in [0.5, 0.6) is 0 Å². The Kier molecular flexibility index (Phi) is 4.43. The van der Waals surface area contributed by atoms with Gasteiger partial charge in [0.05, 0.1) is 0 Å². The summed E-state index contributed by atoms with van der Waals surface area (Å²) >= 11 is 0. The van der Waals surface area contributed by atoms with Crippen LogP contribution in [-0.4, -0.2) is 12.4 Å². The largest absolute Gasteiger partial charge is 0.411 e. The van der Waals surface area contributed by atoms with Gasteiger partial charge in [-0.3, -0.25) is 0 Å². The molecule has 2 aromatic rings. The molecule has 0 aliphatic rings. The van der Waals surface area contributed by atoms with E-state index in [0.717, 1.165) is 36.4 Å². The summed E-state index contributed by atoms with van der Waals surface area (Å²) in [5, 5.41) is 0. The van der Waals surface area contributed by atoms with Gasteiger partial charge in [-0.25, -0.2) is 0 Å². The molecule has 0 bridgehead atoms. The predicted molar refractivity (Wildman–Crippen MR) is 73.7 cm³/mol. The summed E-state index contributed by atoms with van der Waals surface area (Å²) in [5.74, 6) is 0. The van der Waals surface area contributed by atoms with E-state index < -0.39 is 35.4 Å². The lowest BCUT2D eigenvalue weighted by atomic mass is 9.71. The molecule has 0 spiro atoms. The van der Waals surface area contributed by atoms with E-state index in [2.05, 4.69) is 0 Å². The van der Waals surface area contributed by atoms with Gasteiger partial charge in [-0.05, 0) is 16.7 Å². The highest BCUT2D eigenvalue weighted by Gasteiger charge is 2.72. The maximum Gasteiger partial charge on any atom is 0.411 e. The van der Waals surface area contributed by atoms with Gasteiger partial charge >= 0.3 is 12.4 Å². The molecule has 23 heavy (non-hydrogen) atoms. The van der Waals surface area contributed by atoms with Gasteiger partial charge in [-0.15, -0.1) is 0 Å². The van der Waals surface area contributed by atoms with Crippen LogP contribution in [0.2, 0.25) is 0 Å². The van der Waals surface area contributed by atoms with Crippen LogP contribution in [0, 0.1) is 0 Å². The first-order chi connectivity index (χ1) is 10.7. The Balaban J connectivity index is 2.95.